The van der Waals surface area contributed by atoms with Crippen LogP contribution in [-0.4, -0.2) is 36.3 Å². The van der Waals surface area contributed by atoms with E-state index in [0.717, 1.165) is 6.07 Å². The van der Waals surface area contributed by atoms with E-state index in [0.29, 0.717) is 12.2 Å². The van der Waals surface area contributed by atoms with Crippen molar-refractivity contribution in [2.24, 2.45) is 0 Å². The molecule has 0 aromatic heterocycles. The third-order valence-electron chi connectivity index (χ3n) is 4.06. The fraction of sp³-hybridized carbons (Fsp3) is 0.250. The maximum Gasteiger partial charge on any atom is 0.418 e. The first-order valence-corrected chi connectivity index (χ1v) is 9.19. The Bertz CT molecular complexity index is 973. The summed E-state index contributed by atoms with van der Waals surface area (Å²) in [6.07, 6.45) is -4.60. The Morgan fingerprint density at radius 1 is 1.10 bits per heavy atom. The van der Waals surface area contributed by atoms with E-state index in [1.54, 1.807) is 6.92 Å². The summed E-state index contributed by atoms with van der Waals surface area (Å²) in [5.74, 6) is -1.12. The van der Waals surface area contributed by atoms with Crippen molar-refractivity contribution in [2.75, 3.05) is 30.3 Å². The maximum atomic E-state index is 13.0. The molecule has 6 nitrogen and oxygen atoms in total. The van der Waals surface area contributed by atoms with Crippen molar-refractivity contribution in [3.8, 4) is 6.07 Å². The number of alkyl halides is 3. The van der Waals surface area contributed by atoms with Gasteiger partial charge in [-0.25, -0.2) is 0 Å². The minimum atomic E-state index is -4.60. The van der Waals surface area contributed by atoms with Gasteiger partial charge in [-0.1, -0.05) is 30.7 Å². The number of anilines is 2. The predicted molar refractivity (Wildman–Crippen MR) is 107 cm³/mol. The minimum Gasteiger partial charge on any atom is -0.325 e. The largest absolute Gasteiger partial charge is 0.418 e. The number of likely N-dealkylation sites (N-methyl/N-ethyl adjacent to an activating group) is 1. The zero-order valence-corrected chi connectivity index (χ0v) is 16.6. The number of halogens is 4. The van der Waals surface area contributed by atoms with Gasteiger partial charge >= 0.3 is 6.18 Å². The van der Waals surface area contributed by atoms with Gasteiger partial charge in [0.1, 0.15) is 6.07 Å². The lowest BCUT2D eigenvalue weighted by Gasteiger charge is -2.20. The number of carbonyl (C=O) groups excluding carboxylic acids is 2. The van der Waals surface area contributed by atoms with Crippen molar-refractivity contribution in [1.82, 2.24) is 4.90 Å². The Balaban J connectivity index is 1.97. The van der Waals surface area contributed by atoms with Crippen molar-refractivity contribution >= 4 is 34.8 Å². The van der Waals surface area contributed by atoms with Gasteiger partial charge in [-0.15, -0.1) is 0 Å². The van der Waals surface area contributed by atoms with Gasteiger partial charge in [0, 0.05) is 5.69 Å². The molecule has 0 unspecified atom stereocenters. The monoisotopic (exact) mass is 438 g/mol. The van der Waals surface area contributed by atoms with Crippen LogP contribution in [0.3, 0.4) is 0 Å². The Hall–Kier alpha value is -3.09. The molecule has 0 aliphatic heterocycles. The Morgan fingerprint density at radius 2 is 1.73 bits per heavy atom. The number of hydrogen-bond donors (Lipinski definition) is 2. The molecule has 0 bridgehead atoms. The summed E-state index contributed by atoms with van der Waals surface area (Å²) < 4.78 is 39.1. The Labute approximate surface area is 176 Å². The molecule has 2 aromatic carbocycles. The summed E-state index contributed by atoms with van der Waals surface area (Å²) in [5, 5.41) is 13.9. The van der Waals surface area contributed by atoms with Crippen LogP contribution in [0.15, 0.2) is 42.5 Å². The van der Waals surface area contributed by atoms with Crippen LogP contribution in [0.25, 0.3) is 0 Å². The van der Waals surface area contributed by atoms with E-state index >= 15 is 0 Å². The molecule has 30 heavy (non-hydrogen) atoms. The molecule has 0 spiro atoms. The van der Waals surface area contributed by atoms with E-state index in [1.807, 2.05) is 6.07 Å². The molecule has 0 radical (unpaired) electrons. The zero-order valence-electron chi connectivity index (χ0n) is 15.9. The van der Waals surface area contributed by atoms with E-state index in [1.165, 1.54) is 41.3 Å². The second-order valence-corrected chi connectivity index (χ2v) is 6.66. The molecular formula is C20H18ClF3N4O2. The van der Waals surface area contributed by atoms with E-state index in [4.69, 9.17) is 16.9 Å². The number of carbonyl (C=O) groups is 2. The second-order valence-electron chi connectivity index (χ2n) is 6.25. The fourth-order valence-corrected chi connectivity index (χ4v) is 2.82. The lowest BCUT2D eigenvalue weighted by atomic mass is 10.1. The van der Waals surface area contributed by atoms with Crippen LogP contribution in [0.5, 0.6) is 0 Å². The first-order chi connectivity index (χ1) is 14.1. The summed E-state index contributed by atoms with van der Waals surface area (Å²) in [6.45, 7) is 1.59. The summed E-state index contributed by atoms with van der Waals surface area (Å²) in [7, 11) is 0. The molecule has 0 saturated carbocycles. The number of nitrogens with zero attached hydrogens (tertiary/aromatic N) is 2. The molecule has 0 aliphatic rings. The number of benzene rings is 2. The maximum absolute atomic E-state index is 13.0. The van der Waals surface area contributed by atoms with Crippen molar-refractivity contribution in [1.29, 1.82) is 5.26 Å². The molecule has 0 saturated heterocycles. The highest BCUT2D eigenvalue weighted by atomic mass is 35.5. The molecule has 0 aliphatic carbocycles. The summed E-state index contributed by atoms with van der Waals surface area (Å²) >= 11 is 5.92. The van der Waals surface area contributed by atoms with Crippen LogP contribution in [0, 0.1) is 11.3 Å². The molecule has 0 fully saturated rings. The lowest BCUT2D eigenvalue weighted by Crippen LogP contribution is -2.38. The van der Waals surface area contributed by atoms with Gasteiger partial charge in [0.2, 0.25) is 11.8 Å². The van der Waals surface area contributed by atoms with Gasteiger partial charge in [0.25, 0.3) is 0 Å². The van der Waals surface area contributed by atoms with E-state index in [2.05, 4.69) is 10.6 Å². The number of nitriles is 1. The van der Waals surface area contributed by atoms with Gasteiger partial charge in [-0.3, -0.25) is 14.5 Å². The first-order valence-electron chi connectivity index (χ1n) is 8.82. The molecule has 0 heterocycles. The molecule has 2 N–H and O–H groups in total. The summed E-state index contributed by atoms with van der Waals surface area (Å²) in [5.41, 5.74) is -0.649. The molecule has 2 aromatic rings. The predicted octanol–water partition coefficient (Wildman–Crippen LogP) is 4.13. The highest BCUT2D eigenvalue weighted by molar-refractivity contribution is 6.32. The van der Waals surface area contributed by atoms with Gasteiger partial charge in [-0.05, 0) is 36.9 Å². The molecule has 2 rings (SSSR count). The molecule has 10 heteroatoms. The smallest absolute Gasteiger partial charge is 0.325 e. The highest BCUT2D eigenvalue weighted by Crippen LogP contribution is 2.34. The normalized spacial score (nSPS) is 11.1. The third-order valence-corrected chi connectivity index (χ3v) is 4.37. The van der Waals surface area contributed by atoms with E-state index < -0.39 is 23.6 Å². The Kier molecular flexibility index (Phi) is 7.80. The quantitative estimate of drug-likeness (QED) is 0.680. The SMILES string of the molecule is CCN(CC(=O)Nc1ccc(C#N)c(Cl)c1)CC(=O)Nc1ccccc1C(F)(F)F. The second kappa shape index (κ2) is 10.1. The van der Waals surface area contributed by atoms with Crippen LogP contribution in [-0.2, 0) is 15.8 Å². The lowest BCUT2D eigenvalue weighted by molar-refractivity contribution is -0.137. The highest BCUT2D eigenvalue weighted by Gasteiger charge is 2.33. The molecular weight excluding hydrogens is 421 g/mol. The molecule has 2 amide bonds. The number of hydrogen-bond acceptors (Lipinski definition) is 4. The van der Waals surface area contributed by atoms with Crippen molar-refractivity contribution in [3.05, 3.63) is 58.6 Å². The minimum absolute atomic E-state index is 0.164. The standard InChI is InChI=1S/C20H18ClF3N4O2/c1-2-28(11-18(29)26-14-8-7-13(10-25)16(21)9-14)12-19(30)27-17-6-4-3-5-15(17)20(22,23)24/h3-9H,2,11-12H2,1H3,(H,26,29)(H,27,30). The molecule has 0 atom stereocenters. The fourth-order valence-electron chi connectivity index (χ4n) is 2.60. The van der Waals surface area contributed by atoms with Crippen molar-refractivity contribution in [3.63, 3.8) is 0 Å². The van der Waals surface area contributed by atoms with E-state index in [9.17, 15) is 22.8 Å². The Morgan fingerprint density at radius 3 is 2.30 bits per heavy atom. The zero-order chi connectivity index (χ0) is 22.3. The van der Waals surface area contributed by atoms with E-state index in [-0.39, 0.29) is 29.4 Å². The first kappa shape index (κ1) is 23.2. The number of amides is 2. The van der Waals surface area contributed by atoms with Crippen LogP contribution in [0.2, 0.25) is 5.02 Å². The van der Waals surface area contributed by atoms with Crippen LogP contribution < -0.4 is 10.6 Å². The number of para-hydroxylation sites is 1. The van der Waals surface area contributed by atoms with Crippen LogP contribution in [0.1, 0.15) is 18.1 Å². The van der Waals surface area contributed by atoms with Gasteiger partial charge in [0.15, 0.2) is 0 Å². The number of rotatable bonds is 7. The van der Waals surface area contributed by atoms with Crippen LogP contribution in [0.4, 0.5) is 24.5 Å². The average Bonchev–Trinajstić information content (AvgIpc) is 2.67. The van der Waals surface area contributed by atoms with Gasteiger partial charge < -0.3 is 10.6 Å². The van der Waals surface area contributed by atoms with Crippen LogP contribution >= 0.6 is 11.6 Å². The van der Waals surface area contributed by atoms with Gasteiger partial charge in [-0.2, -0.15) is 18.4 Å². The summed E-state index contributed by atoms with van der Waals surface area (Å²) in [6, 6.07) is 11.0. The van der Waals surface area contributed by atoms with Crippen molar-refractivity contribution < 1.29 is 22.8 Å². The van der Waals surface area contributed by atoms with Crippen molar-refractivity contribution in [2.45, 2.75) is 13.1 Å². The summed E-state index contributed by atoms with van der Waals surface area (Å²) in [4.78, 5) is 25.9. The topological polar surface area (TPSA) is 85.2 Å². The van der Waals surface area contributed by atoms with Gasteiger partial charge in [0.05, 0.1) is 34.9 Å². The average molecular weight is 439 g/mol. The third kappa shape index (κ3) is 6.47. The molecule has 158 valence electrons. The number of nitrogens with one attached hydrogen (secondary N) is 2.